The van der Waals surface area contributed by atoms with Crippen molar-refractivity contribution in [1.29, 1.82) is 0 Å². The Morgan fingerprint density at radius 3 is 2.22 bits per heavy atom. The first-order chi connectivity index (χ1) is 8.74. The molecule has 2 fully saturated rings. The molecule has 0 atom stereocenters. The number of piperazine rings is 1. The molecule has 0 bridgehead atoms. The van der Waals surface area contributed by atoms with Crippen molar-refractivity contribution in [3.8, 4) is 0 Å². The molecule has 0 aromatic carbocycles. The average Bonchev–Trinajstić information content (AvgIpc) is 2.39. The number of hydrogen-bond acceptors (Lipinski definition) is 2. The first-order valence-corrected chi connectivity index (χ1v) is 8.15. The third kappa shape index (κ3) is 4.89. The lowest BCUT2D eigenvalue weighted by molar-refractivity contribution is 0.150. The Balaban J connectivity index is 1.48. The Kier molecular flexibility index (Phi) is 5.97. The fraction of sp³-hybridized carbons (Fsp3) is 1.00. The highest BCUT2D eigenvalue weighted by molar-refractivity contribution is 4.72. The van der Waals surface area contributed by atoms with Gasteiger partial charge in [-0.15, -0.1) is 0 Å². The van der Waals surface area contributed by atoms with Crippen molar-refractivity contribution in [2.75, 3.05) is 39.8 Å². The molecular formula is C16H32N2. The Labute approximate surface area is 114 Å². The number of hydrogen-bond donors (Lipinski definition) is 0. The molecule has 2 heteroatoms. The monoisotopic (exact) mass is 252 g/mol. The molecule has 2 aliphatic rings. The summed E-state index contributed by atoms with van der Waals surface area (Å²) in [7, 11) is 2.24. The van der Waals surface area contributed by atoms with E-state index in [0.29, 0.717) is 0 Å². The van der Waals surface area contributed by atoms with Crippen molar-refractivity contribution >= 4 is 0 Å². The van der Waals surface area contributed by atoms with Gasteiger partial charge in [-0.3, -0.25) is 0 Å². The lowest BCUT2D eigenvalue weighted by atomic mass is 9.81. The van der Waals surface area contributed by atoms with Crippen molar-refractivity contribution in [1.82, 2.24) is 9.80 Å². The quantitative estimate of drug-likeness (QED) is 0.693. The van der Waals surface area contributed by atoms with Crippen LogP contribution in [0.1, 0.15) is 51.9 Å². The summed E-state index contributed by atoms with van der Waals surface area (Å²) in [6.45, 7) is 8.87. The molecular weight excluding hydrogens is 220 g/mol. The molecule has 1 aliphatic heterocycles. The van der Waals surface area contributed by atoms with Crippen molar-refractivity contribution in [3.05, 3.63) is 0 Å². The van der Waals surface area contributed by atoms with Gasteiger partial charge in [0.25, 0.3) is 0 Å². The van der Waals surface area contributed by atoms with Gasteiger partial charge in [0, 0.05) is 26.2 Å². The van der Waals surface area contributed by atoms with Crippen molar-refractivity contribution in [2.45, 2.75) is 51.9 Å². The van der Waals surface area contributed by atoms with Crippen LogP contribution in [0, 0.1) is 11.8 Å². The molecule has 0 unspecified atom stereocenters. The van der Waals surface area contributed by atoms with Gasteiger partial charge in [-0.1, -0.05) is 45.4 Å². The zero-order chi connectivity index (χ0) is 12.8. The van der Waals surface area contributed by atoms with Gasteiger partial charge >= 0.3 is 0 Å². The van der Waals surface area contributed by atoms with Crippen LogP contribution in [0.4, 0.5) is 0 Å². The Morgan fingerprint density at radius 1 is 0.889 bits per heavy atom. The van der Waals surface area contributed by atoms with E-state index >= 15 is 0 Å². The van der Waals surface area contributed by atoms with E-state index in [4.69, 9.17) is 0 Å². The Bertz CT molecular complexity index is 189. The van der Waals surface area contributed by atoms with E-state index in [1.165, 1.54) is 77.7 Å². The summed E-state index contributed by atoms with van der Waals surface area (Å²) in [6.07, 6.45) is 10.4. The topological polar surface area (TPSA) is 6.48 Å². The summed E-state index contributed by atoms with van der Waals surface area (Å²) in [5.74, 6) is 2.07. The second-order valence-corrected chi connectivity index (χ2v) is 6.77. The van der Waals surface area contributed by atoms with Crippen LogP contribution >= 0.6 is 0 Å². The lowest BCUT2D eigenvalue weighted by Crippen LogP contribution is -2.44. The third-order valence-electron chi connectivity index (χ3n) is 5.07. The summed E-state index contributed by atoms with van der Waals surface area (Å²) in [5, 5.41) is 0. The highest BCUT2D eigenvalue weighted by Crippen LogP contribution is 2.31. The second kappa shape index (κ2) is 7.49. The largest absolute Gasteiger partial charge is 0.304 e. The standard InChI is InChI=1S/C16H32N2/c1-15-6-8-16(9-7-15)5-3-4-10-18-13-11-17(2)12-14-18/h15-16H,3-14H2,1-2H3. The van der Waals surface area contributed by atoms with Gasteiger partial charge in [-0.2, -0.15) is 0 Å². The minimum atomic E-state index is 1.01. The maximum absolute atomic E-state index is 2.66. The highest BCUT2D eigenvalue weighted by atomic mass is 15.2. The second-order valence-electron chi connectivity index (χ2n) is 6.77. The molecule has 0 radical (unpaired) electrons. The lowest BCUT2D eigenvalue weighted by Gasteiger charge is -2.32. The molecule has 0 aromatic rings. The number of likely N-dealkylation sites (N-methyl/N-ethyl adjacent to an activating group) is 1. The van der Waals surface area contributed by atoms with Crippen molar-refractivity contribution < 1.29 is 0 Å². The third-order valence-corrected chi connectivity index (χ3v) is 5.07. The molecule has 106 valence electrons. The summed E-state index contributed by atoms with van der Waals surface area (Å²) >= 11 is 0. The van der Waals surface area contributed by atoms with Crippen LogP contribution in [0.5, 0.6) is 0 Å². The van der Waals surface area contributed by atoms with Gasteiger partial charge < -0.3 is 9.80 Å². The van der Waals surface area contributed by atoms with E-state index in [1.807, 2.05) is 0 Å². The van der Waals surface area contributed by atoms with E-state index in [2.05, 4.69) is 23.8 Å². The van der Waals surface area contributed by atoms with Crippen LogP contribution in [0.25, 0.3) is 0 Å². The molecule has 0 N–H and O–H groups in total. The molecule has 0 spiro atoms. The fourth-order valence-corrected chi connectivity index (χ4v) is 3.46. The maximum Gasteiger partial charge on any atom is 0.0110 e. The molecule has 2 nitrogen and oxygen atoms in total. The van der Waals surface area contributed by atoms with Crippen LogP contribution in [0.2, 0.25) is 0 Å². The number of nitrogens with zero attached hydrogens (tertiary/aromatic N) is 2. The van der Waals surface area contributed by atoms with Gasteiger partial charge in [0.1, 0.15) is 0 Å². The number of rotatable bonds is 5. The van der Waals surface area contributed by atoms with Gasteiger partial charge in [-0.25, -0.2) is 0 Å². The first-order valence-electron chi connectivity index (χ1n) is 8.15. The molecule has 1 saturated heterocycles. The van der Waals surface area contributed by atoms with E-state index in [0.717, 1.165) is 11.8 Å². The molecule has 1 aliphatic carbocycles. The van der Waals surface area contributed by atoms with Crippen molar-refractivity contribution in [2.24, 2.45) is 11.8 Å². The van der Waals surface area contributed by atoms with Crippen molar-refractivity contribution in [3.63, 3.8) is 0 Å². The van der Waals surface area contributed by atoms with Crippen LogP contribution in [0.3, 0.4) is 0 Å². The number of unbranched alkanes of at least 4 members (excludes halogenated alkanes) is 1. The SMILES string of the molecule is CC1CCC(CCCCN2CCN(C)CC2)CC1. The van der Waals surface area contributed by atoms with Gasteiger partial charge in [-0.05, 0) is 31.8 Å². The van der Waals surface area contributed by atoms with E-state index in [9.17, 15) is 0 Å². The van der Waals surface area contributed by atoms with Crippen LogP contribution in [-0.2, 0) is 0 Å². The average molecular weight is 252 g/mol. The maximum atomic E-state index is 2.66. The summed E-state index contributed by atoms with van der Waals surface area (Å²) < 4.78 is 0. The van der Waals surface area contributed by atoms with E-state index in [-0.39, 0.29) is 0 Å². The minimum Gasteiger partial charge on any atom is -0.304 e. The first kappa shape index (κ1) is 14.3. The predicted octanol–water partition coefficient (Wildman–Crippen LogP) is 3.23. The Hall–Kier alpha value is -0.0800. The summed E-state index contributed by atoms with van der Waals surface area (Å²) in [4.78, 5) is 5.10. The zero-order valence-electron chi connectivity index (χ0n) is 12.5. The Morgan fingerprint density at radius 2 is 1.56 bits per heavy atom. The molecule has 1 heterocycles. The molecule has 1 saturated carbocycles. The summed E-state index contributed by atoms with van der Waals surface area (Å²) in [6, 6.07) is 0. The smallest absolute Gasteiger partial charge is 0.0110 e. The molecule has 2 rings (SSSR count). The van der Waals surface area contributed by atoms with Crippen LogP contribution in [0.15, 0.2) is 0 Å². The molecule has 18 heavy (non-hydrogen) atoms. The fourth-order valence-electron chi connectivity index (χ4n) is 3.46. The van der Waals surface area contributed by atoms with Gasteiger partial charge in [0.15, 0.2) is 0 Å². The minimum absolute atomic E-state index is 1.01. The van der Waals surface area contributed by atoms with Gasteiger partial charge in [0.05, 0.1) is 0 Å². The zero-order valence-corrected chi connectivity index (χ0v) is 12.5. The molecule has 0 aromatic heterocycles. The van der Waals surface area contributed by atoms with Gasteiger partial charge in [0.2, 0.25) is 0 Å². The van der Waals surface area contributed by atoms with E-state index in [1.54, 1.807) is 0 Å². The van der Waals surface area contributed by atoms with E-state index < -0.39 is 0 Å². The predicted molar refractivity (Wildman–Crippen MR) is 78.9 cm³/mol. The van der Waals surface area contributed by atoms with Crippen LogP contribution < -0.4 is 0 Å². The molecule has 0 amide bonds. The highest BCUT2D eigenvalue weighted by Gasteiger charge is 2.18. The summed E-state index contributed by atoms with van der Waals surface area (Å²) in [5.41, 5.74) is 0. The van der Waals surface area contributed by atoms with Crippen LogP contribution in [-0.4, -0.2) is 49.6 Å². The normalized spacial score (nSPS) is 31.7.